The van der Waals surface area contributed by atoms with Gasteiger partial charge in [-0.05, 0) is 18.1 Å². The molecule has 574 valence electrons. The van der Waals surface area contributed by atoms with E-state index in [1.807, 2.05) is 6.92 Å². The summed E-state index contributed by atoms with van der Waals surface area (Å²) in [6, 6.07) is 3.46. The minimum absolute atomic E-state index is 0.0147. The highest BCUT2D eigenvalue weighted by atomic mass is 16.6. The SMILES string of the molecule is CCCCOc1nc(N)c2[nH]c(=O)n(Cc3ccc(C(=O)N(C)CCOCCOCCOCCOCCOCCOCCOCCOCCOCCOCCOCCOCCOCCOCCOCCOCCOCCOCCOCCOCCOCCOCCOCCO)nc3)c2n1. The molecule has 3 heterocycles. The molecule has 1 amide bonds. The van der Waals surface area contributed by atoms with Crippen molar-refractivity contribution >= 4 is 22.9 Å². The molecular formula is C65H117N7O27. The Hall–Kier alpha value is -4.39. The van der Waals surface area contributed by atoms with Gasteiger partial charge in [-0.1, -0.05) is 19.4 Å². The number of amides is 1. The summed E-state index contributed by atoms with van der Waals surface area (Å²) in [5.41, 5.74) is 7.27. The molecule has 0 radical (unpaired) electrons. The summed E-state index contributed by atoms with van der Waals surface area (Å²) in [7, 11) is 1.68. The molecule has 34 nitrogen and oxygen atoms in total. The molecule has 99 heavy (non-hydrogen) atoms. The molecule has 0 aliphatic heterocycles. The zero-order valence-electron chi connectivity index (χ0n) is 58.9. The Labute approximate surface area is 582 Å². The first-order chi connectivity index (χ1) is 48.9. The monoisotopic (exact) mass is 1430 g/mol. The minimum atomic E-state index is -0.402. The number of aromatic nitrogens is 5. The molecule has 0 saturated heterocycles. The Morgan fingerprint density at radius 3 is 0.970 bits per heavy atom. The number of aromatic amines is 1. The van der Waals surface area contributed by atoms with Gasteiger partial charge in [-0.15, -0.1) is 0 Å². The standard InChI is InChI=1S/C65H117N7O27/c1-3-4-9-99-64-69-61(66)60-62(70-64)72(65(75)68-60)57-58-5-6-59(67-56-58)63(74)71(2)7-10-76-12-14-78-16-18-80-20-22-82-24-26-84-28-30-86-32-34-88-36-38-90-40-42-92-44-46-94-48-50-96-52-54-98-55-53-97-51-49-95-47-45-93-43-41-91-39-37-89-35-33-87-31-29-85-27-25-83-23-21-81-19-17-79-15-13-77-11-8-73/h5-6,56,73H,3-4,7-55,57H2,1-2H3,(H,68,75)(H2,66,69,70). The summed E-state index contributed by atoms with van der Waals surface area (Å²) >= 11 is 0. The lowest BCUT2D eigenvalue weighted by Gasteiger charge is -2.17. The van der Waals surface area contributed by atoms with Crippen molar-refractivity contribution in [2.24, 2.45) is 0 Å². The first-order valence-corrected chi connectivity index (χ1v) is 34.4. The third-order valence-electron chi connectivity index (χ3n) is 13.1. The number of rotatable bonds is 78. The Kier molecular flexibility index (Phi) is 61.1. The number of nitrogens with zero attached hydrogens (tertiary/aromatic N) is 5. The van der Waals surface area contributed by atoms with Crippen LogP contribution < -0.4 is 16.2 Å². The third kappa shape index (κ3) is 52.3. The largest absolute Gasteiger partial charge is 0.463 e. The number of nitrogen functional groups attached to an aromatic ring is 1. The molecule has 0 spiro atoms. The van der Waals surface area contributed by atoms with Crippen molar-refractivity contribution < 1.29 is 124 Å². The van der Waals surface area contributed by atoms with E-state index in [9.17, 15) is 9.59 Å². The number of unbranched alkanes of at least 4 members (excludes halogenated alkanes) is 1. The molecule has 0 bridgehead atoms. The van der Waals surface area contributed by atoms with Gasteiger partial charge in [0.15, 0.2) is 11.5 Å². The smallest absolute Gasteiger partial charge is 0.328 e. The number of hydrogen-bond acceptors (Lipinski definition) is 31. The van der Waals surface area contributed by atoms with Crippen LogP contribution in [0.3, 0.4) is 0 Å². The lowest BCUT2D eigenvalue weighted by molar-refractivity contribution is -0.0319. The van der Waals surface area contributed by atoms with Gasteiger partial charge in [0.05, 0.1) is 324 Å². The number of nitrogens with two attached hydrogens (primary N) is 1. The van der Waals surface area contributed by atoms with Crippen molar-refractivity contribution in [3.63, 3.8) is 0 Å². The number of nitrogens with one attached hydrogen (secondary N) is 1. The molecule has 3 rings (SSSR count). The first-order valence-electron chi connectivity index (χ1n) is 34.4. The summed E-state index contributed by atoms with van der Waals surface area (Å²) in [5, 5.41) is 8.62. The number of H-pyrrole nitrogens is 1. The van der Waals surface area contributed by atoms with Crippen molar-refractivity contribution in [2.45, 2.75) is 26.3 Å². The number of imidazole rings is 1. The Morgan fingerprint density at radius 2 is 0.707 bits per heavy atom. The molecule has 0 saturated carbocycles. The number of fused-ring (bicyclic) bond motifs is 1. The highest BCUT2D eigenvalue weighted by molar-refractivity contribution is 5.92. The van der Waals surface area contributed by atoms with Crippen molar-refractivity contribution in [2.75, 3.05) is 336 Å². The maximum atomic E-state index is 13.0. The summed E-state index contributed by atoms with van der Waals surface area (Å²) in [4.78, 5) is 42.9. The summed E-state index contributed by atoms with van der Waals surface area (Å²) in [5.74, 6) is -0.142. The van der Waals surface area contributed by atoms with Gasteiger partial charge < -0.3 is 134 Å². The molecule has 3 aromatic heterocycles. The average molecular weight is 1430 g/mol. The highest BCUT2D eigenvalue weighted by Crippen LogP contribution is 2.19. The van der Waals surface area contributed by atoms with Gasteiger partial charge in [0.2, 0.25) is 0 Å². The van der Waals surface area contributed by atoms with Crippen LogP contribution in [0.1, 0.15) is 35.8 Å². The number of aliphatic hydroxyl groups excluding tert-OH is 1. The molecular weight excluding hydrogens is 1310 g/mol. The summed E-state index contributed by atoms with van der Waals surface area (Å²) in [6.45, 7) is 24.2. The second kappa shape index (κ2) is 68.1. The predicted molar refractivity (Wildman–Crippen MR) is 359 cm³/mol. The fourth-order valence-electron chi connectivity index (χ4n) is 7.88. The Balaban J connectivity index is 0.896. The van der Waals surface area contributed by atoms with E-state index in [-0.39, 0.29) is 36.6 Å². The summed E-state index contributed by atoms with van der Waals surface area (Å²) < 4.78 is 134. The van der Waals surface area contributed by atoms with Gasteiger partial charge in [-0.3, -0.25) is 14.3 Å². The van der Waals surface area contributed by atoms with Gasteiger partial charge in [0.25, 0.3) is 5.91 Å². The molecule has 0 fully saturated rings. The molecule has 0 unspecified atom stereocenters. The molecule has 3 aromatic rings. The normalized spacial score (nSPS) is 11.7. The summed E-state index contributed by atoms with van der Waals surface area (Å²) in [6.07, 6.45) is 3.33. The van der Waals surface area contributed by atoms with Crippen LogP contribution >= 0.6 is 0 Å². The topological polar surface area (TPSA) is 365 Å². The molecule has 4 N–H and O–H groups in total. The number of aliphatic hydroxyl groups is 1. The third-order valence-corrected chi connectivity index (χ3v) is 13.1. The number of hydrogen-bond donors (Lipinski definition) is 3. The van der Waals surface area contributed by atoms with Gasteiger partial charge in [0, 0.05) is 19.8 Å². The zero-order valence-corrected chi connectivity index (χ0v) is 58.9. The van der Waals surface area contributed by atoms with E-state index in [0.717, 1.165) is 12.8 Å². The van der Waals surface area contributed by atoms with Crippen LogP contribution in [0.15, 0.2) is 23.1 Å². The van der Waals surface area contributed by atoms with Crippen LogP contribution in [0.25, 0.3) is 11.2 Å². The first kappa shape index (κ1) is 88.8. The Bertz CT molecular complexity index is 2300. The zero-order chi connectivity index (χ0) is 70.5. The van der Waals surface area contributed by atoms with Gasteiger partial charge in [-0.25, -0.2) is 4.79 Å². The van der Waals surface area contributed by atoms with Crippen molar-refractivity contribution in [3.8, 4) is 6.01 Å². The molecule has 0 aliphatic carbocycles. The fraction of sp³-hybridized carbons (Fsp3) is 0.831. The van der Waals surface area contributed by atoms with Crippen LogP contribution in [0.2, 0.25) is 0 Å². The van der Waals surface area contributed by atoms with Gasteiger partial charge >= 0.3 is 11.7 Å². The number of anilines is 1. The van der Waals surface area contributed by atoms with E-state index in [2.05, 4.69) is 19.9 Å². The van der Waals surface area contributed by atoms with Crippen LogP contribution in [0.5, 0.6) is 6.01 Å². The van der Waals surface area contributed by atoms with E-state index in [0.29, 0.717) is 334 Å². The van der Waals surface area contributed by atoms with Gasteiger partial charge in [-0.2, -0.15) is 9.97 Å². The number of carbonyl (C=O) groups is 1. The minimum Gasteiger partial charge on any atom is -0.463 e. The van der Waals surface area contributed by atoms with E-state index in [1.54, 1.807) is 25.4 Å². The maximum Gasteiger partial charge on any atom is 0.328 e. The van der Waals surface area contributed by atoms with E-state index in [1.165, 1.54) is 9.47 Å². The van der Waals surface area contributed by atoms with Gasteiger partial charge in [0.1, 0.15) is 11.2 Å². The second-order valence-electron chi connectivity index (χ2n) is 20.9. The Morgan fingerprint density at radius 1 is 0.424 bits per heavy atom. The van der Waals surface area contributed by atoms with Crippen LogP contribution in [0.4, 0.5) is 5.82 Å². The quantitative estimate of drug-likeness (QED) is 0.0657. The fourth-order valence-corrected chi connectivity index (χ4v) is 7.88. The predicted octanol–water partition coefficient (Wildman–Crippen LogP) is 0.770. The molecule has 34 heteroatoms. The van der Waals surface area contributed by atoms with Crippen molar-refractivity contribution in [1.29, 1.82) is 0 Å². The maximum absolute atomic E-state index is 13.0. The van der Waals surface area contributed by atoms with E-state index >= 15 is 0 Å². The number of carbonyl (C=O) groups excluding carboxylic acids is 1. The molecule has 0 atom stereocenters. The second-order valence-corrected chi connectivity index (χ2v) is 20.9. The van der Waals surface area contributed by atoms with Crippen molar-refractivity contribution in [1.82, 2.24) is 29.4 Å². The van der Waals surface area contributed by atoms with Crippen LogP contribution in [-0.2, 0) is 115 Å². The molecule has 0 aliphatic rings. The van der Waals surface area contributed by atoms with E-state index in [4.69, 9.17) is 125 Å². The van der Waals surface area contributed by atoms with Crippen LogP contribution in [-0.4, -0.2) is 371 Å². The number of likely N-dealkylation sites (N-methyl/N-ethyl adjacent to an activating group) is 1. The van der Waals surface area contributed by atoms with Crippen molar-refractivity contribution in [3.05, 3.63) is 40.1 Å². The number of ether oxygens (including phenoxy) is 24. The van der Waals surface area contributed by atoms with Crippen LogP contribution in [0, 0.1) is 0 Å². The lowest BCUT2D eigenvalue weighted by atomic mass is 10.2. The number of pyridine rings is 1. The molecule has 0 aromatic carbocycles. The average Bonchev–Trinajstić information content (AvgIpc) is 1.65. The highest BCUT2D eigenvalue weighted by Gasteiger charge is 2.17. The lowest BCUT2D eigenvalue weighted by Crippen LogP contribution is -2.31. The van der Waals surface area contributed by atoms with E-state index < -0.39 is 5.69 Å².